The zero-order valence-electron chi connectivity index (χ0n) is 17.8. The van der Waals surface area contributed by atoms with Crippen LogP contribution in [0.15, 0.2) is 66.1 Å². The summed E-state index contributed by atoms with van der Waals surface area (Å²) in [6, 6.07) is 10.7. The molecule has 1 atom stereocenters. The van der Waals surface area contributed by atoms with E-state index in [0.717, 1.165) is 52.4 Å². The van der Waals surface area contributed by atoms with Crippen LogP contribution in [0.1, 0.15) is 24.0 Å². The Balaban J connectivity index is 1.40. The molecule has 6 rings (SSSR count). The van der Waals surface area contributed by atoms with Crippen molar-refractivity contribution in [1.29, 1.82) is 0 Å². The number of halogens is 1. The molecule has 10 nitrogen and oxygen atoms in total. The fraction of sp³-hybridized carbons (Fsp3) is 0.130. The number of aryl methyl sites for hydroxylation is 1. The molecule has 0 spiro atoms. The standard InChI is InChI=1S/C23H18ClN9O/c24-14-1-3-20(32-12-28-30-31-32)17(9-14)13-7-15-2-4-21(33(15)22(34)8-13)23-27-11-19(29-23)16-5-6-26-10-18(16)25/h1,3,5-12,21H,2,4,25H2,(H,27,29)/t21-/m0/s1. The number of aromatic amines is 1. The van der Waals surface area contributed by atoms with Crippen LogP contribution in [-0.2, 0) is 6.42 Å². The number of nitrogens with one attached hydrogen (secondary N) is 1. The summed E-state index contributed by atoms with van der Waals surface area (Å²) < 4.78 is 3.34. The third kappa shape index (κ3) is 3.35. The lowest BCUT2D eigenvalue weighted by atomic mass is 10.0. The molecule has 0 aliphatic carbocycles. The molecular weight excluding hydrogens is 454 g/mol. The molecule has 168 valence electrons. The molecule has 0 radical (unpaired) electrons. The van der Waals surface area contributed by atoms with Gasteiger partial charge in [0, 0.05) is 34.1 Å². The average molecular weight is 472 g/mol. The molecule has 0 amide bonds. The monoisotopic (exact) mass is 471 g/mol. The Morgan fingerprint density at radius 2 is 2.03 bits per heavy atom. The maximum Gasteiger partial charge on any atom is 0.252 e. The number of tetrazole rings is 1. The first-order chi connectivity index (χ1) is 16.6. The number of anilines is 1. The second-order valence-corrected chi connectivity index (χ2v) is 8.50. The van der Waals surface area contributed by atoms with E-state index in [1.165, 1.54) is 6.33 Å². The Bertz CT molecular complexity index is 1570. The summed E-state index contributed by atoms with van der Waals surface area (Å²) in [5.41, 5.74) is 11.3. The van der Waals surface area contributed by atoms with Gasteiger partial charge in [0.15, 0.2) is 0 Å². The Kier molecular flexibility index (Phi) is 4.73. The number of benzene rings is 1. The lowest BCUT2D eigenvalue weighted by Crippen LogP contribution is -2.23. The van der Waals surface area contributed by atoms with Gasteiger partial charge >= 0.3 is 0 Å². The molecule has 0 saturated carbocycles. The van der Waals surface area contributed by atoms with Crippen molar-refractivity contribution < 1.29 is 0 Å². The highest BCUT2D eigenvalue weighted by Gasteiger charge is 2.28. The minimum Gasteiger partial charge on any atom is -0.397 e. The molecule has 0 unspecified atom stereocenters. The zero-order valence-corrected chi connectivity index (χ0v) is 18.5. The van der Waals surface area contributed by atoms with E-state index in [9.17, 15) is 4.79 Å². The summed E-state index contributed by atoms with van der Waals surface area (Å²) >= 11 is 6.28. The quantitative estimate of drug-likeness (QED) is 0.411. The first kappa shape index (κ1) is 20.3. The van der Waals surface area contributed by atoms with Gasteiger partial charge in [-0.15, -0.1) is 5.10 Å². The summed E-state index contributed by atoms with van der Waals surface area (Å²) in [7, 11) is 0. The number of H-pyrrole nitrogens is 1. The first-order valence-corrected chi connectivity index (χ1v) is 11.0. The van der Waals surface area contributed by atoms with Crippen molar-refractivity contribution in [1.82, 2.24) is 39.7 Å². The van der Waals surface area contributed by atoms with Crippen LogP contribution in [0.5, 0.6) is 0 Å². The molecule has 0 saturated heterocycles. The van der Waals surface area contributed by atoms with E-state index in [0.29, 0.717) is 10.7 Å². The number of nitrogens with zero attached hydrogens (tertiary/aromatic N) is 7. The molecule has 1 aliphatic rings. The number of fused-ring (bicyclic) bond motifs is 1. The van der Waals surface area contributed by atoms with Gasteiger partial charge in [0.05, 0.1) is 35.5 Å². The lowest BCUT2D eigenvalue weighted by molar-refractivity contribution is 0.572. The second-order valence-electron chi connectivity index (χ2n) is 8.06. The van der Waals surface area contributed by atoms with Crippen LogP contribution in [-0.4, -0.2) is 39.7 Å². The zero-order chi connectivity index (χ0) is 23.2. The maximum atomic E-state index is 13.3. The third-order valence-electron chi connectivity index (χ3n) is 6.05. The molecule has 0 bridgehead atoms. The molecule has 5 aromatic rings. The molecular formula is C23H18ClN9O. The van der Waals surface area contributed by atoms with Crippen LogP contribution in [0.3, 0.4) is 0 Å². The van der Waals surface area contributed by atoms with Gasteiger partial charge in [-0.25, -0.2) is 4.98 Å². The van der Waals surface area contributed by atoms with Crippen LogP contribution >= 0.6 is 11.6 Å². The molecule has 0 fully saturated rings. The fourth-order valence-electron chi connectivity index (χ4n) is 4.52. The van der Waals surface area contributed by atoms with Gasteiger partial charge in [0.2, 0.25) is 0 Å². The van der Waals surface area contributed by atoms with Crippen molar-refractivity contribution in [2.75, 3.05) is 5.73 Å². The Hall–Kier alpha value is -4.31. The summed E-state index contributed by atoms with van der Waals surface area (Å²) in [6.07, 6.45) is 8.03. The van der Waals surface area contributed by atoms with Gasteiger partial charge in [-0.2, -0.15) is 4.68 Å². The van der Waals surface area contributed by atoms with Crippen molar-refractivity contribution in [3.05, 3.63) is 88.2 Å². The molecule has 3 N–H and O–H groups in total. The molecule has 5 heterocycles. The van der Waals surface area contributed by atoms with E-state index in [-0.39, 0.29) is 11.6 Å². The van der Waals surface area contributed by atoms with E-state index >= 15 is 0 Å². The highest BCUT2D eigenvalue weighted by Crippen LogP contribution is 2.34. The van der Waals surface area contributed by atoms with Gasteiger partial charge < -0.3 is 15.3 Å². The number of imidazole rings is 1. The highest BCUT2D eigenvalue weighted by molar-refractivity contribution is 6.31. The largest absolute Gasteiger partial charge is 0.397 e. The summed E-state index contributed by atoms with van der Waals surface area (Å²) in [4.78, 5) is 25.2. The van der Waals surface area contributed by atoms with Crippen LogP contribution in [0, 0.1) is 0 Å². The van der Waals surface area contributed by atoms with Crippen molar-refractivity contribution in [3.63, 3.8) is 0 Å². The highest BCUT2D eigenvalue weighted by atomic mass is 35.5. The smallest absolute Gasteiger partial charge is 0.252 e. The normalized spacial score (nSPS) is 14.9. The molecule has 34 heavy (non-hydrogen) atoms. The second kappa shape index (κ2) is 7.92. The molecule has 4 aromatic heterocycles. The predicted octanol–water partition coefficient (Wildman–Crippen LogP) is 3.05. The van der Waals surface area contributed by atoms with Gasteiger partial charge in [-0.05, 0) is 59.2 Å². The Morgan fingerprint density at radius 3 is 2.85 bits per heavy atom. The van der Waals surface area contributed by atoms with Crippen molar-refractivity contribution in [2.45, 2.75) is 18.9 Å². The molecule has 11 heteroatoms. The number of nitrogens with two attached hydrogens (primary N) is 1. The van der Waals surface area contributed by atoms with Crippen molar-refractivity contribution in [3.8, 4) is 28.1 Å². The molecule has 1 aromatic carbocycles. The average Bonchev–Trinajstić information content (AvgIpc) is 3.60. The predicted molar refractivity (Wildman–Crippen MR) is 127 cm³/mol. The number of pyridine rings is 2. The van der Waals surface area contributed by atoms with Gasteiger partial charge in [-0.3, -0.25) is 9.78 Å². The number of aromatic nitrogens is 8. The van der Waals surface area contributed by atoms with Crippen LogP contribution < -0.4 is 11.3 Å². The SMILES string of the molecule is Nc1cnccc1-c1cnc([C@@H]2CCc3cc(-c4cc(Cl)ccc4-n4cnnn4)cc(=O)n32)[nH]1. The van der Waals surface area contributed by atoms with Crippen LogP contribution in [0.25, 0.3) is 28.1 Å². The number of hydrogen-bond donors (Lipinski definition) is 2. The van der Waals surface area contributed by atoms with E-state index < -0.39 is 0 Å². The topological polar surface area (TPSA) is 133 Å². The van der Waals surface area contributed by atoms with Crippen LogP contribution in [0.2, 0.25) is 5.02 Å². The minimum absolute atomic E-state index is 0.112. The Labute approximate surface area is 198 Å². The van der Waals surface area contributed by atoms with Crippen LogP contribution in [0.4, 0.5) is 5.69 Å². The number of rotatable bonds is 4. The van der Waals surface area contributed by atoms with E-state index in [4.69, 9.17) is 17.3 Å². The van der Waals surface area contributed by atoms with E-state index in [2.05, 4.69) is 30.5 Å². The minimum atomic E-state index is -0.188. The number of nitrogen functional groups attached to an aromatic ring is 1. The van der Waals surface area contributed by atoms with Crippen molar-refractivity contribution in [2.24, 2.45) is 0 Å². The summed E-state index contributed by atoms with van der Waals surface area (Å²) in [5.74, 6) is 0.719. The number of hydrogen-bond acceptors (Lipinski definition) is 7. The van der Waals surface area contributed by atoms with E-state index in [1.807, 2.05) is 24.3 Å². The van der Waals surface area contributed by atoms with E-state index in [1.54, 1.807) is 40.0 Å². The first-order valence-electron chi connectivity index (χ1n) is 10.6. The molecule has 1 aliphatic heterocycles. The van der Waals surface area contributed by atoms with Gasteiger partial charge in [0.1, 0.15) is 12.2 Å². The fourth-order valence-corrected chi connectivity index (χ4v) is 4.69. The summed E-state index contributed by atoms with van der Waals surface area (Å²) in [5, 5.41) is 12.0. The Morgan fingerprint density at radius 1 is 1.12 bits per heavy atom. The van der Waals surface area contributed by atoms with Gasteiger partial charge in [-0.1, -0.05) is 11.6 Å². The maximum absolute atomic E-state index is 13.3. The van der Waals surface area contributed by atoms with Crippen molar-refractivity contribution >= 4 is 17.3 Å². The third-order valence-corrected chi connectivity index (χ3v) is 6.29. The van der Waals surface area contributed by atoms with Gasteiger partial charge in [0.25, 0.3) is 5.56 Å². The lowest BCUT2D eigenvalue weighted by Gasteiger charge is -2.15. The summed E-state index contributed by atoms with van der Waals surface area (Å²) in [6.45, 7) is 0.